The second kappa shape index (κ2) is 3.82. The minimum Gasteiger partial charge on any atom is -0.458 e. The van der Waals surface area contributed by atoms with Crippen molar-refractivity contribution in [2.45, 2.75) is 25.0 Å². The van der Waals surface area contributed by atoms with E-state index in [0.29, 0.717) is 0 Å². The quantitative estimate of drug-likeness (QED) is 0.396. The maximum Gasteiger partial charge on any atom is 0.422 e. The van der Waals surface area contributed by atoms with Crippen molar-refractivity contribution in [3.63, 3.8) is 0 Å². The summed E-state index contributed by atoms with van der Waals surface area (Å²) < 4.78 is 14.3. The van der Waals surface area contributed by atoms with E-state index in [-0.39, 0.29) is 41.6 Å². The summed E-state index contributed by atoms with van der Waals surface area (Å²) in [4.78, 5) is 23.3. The molecule has 0 aromatic heterocycles. The predicted molar refractivity (Wildman–Crippen MR) is 63.9 cm³/mol. The summed E-state index contributed by atoms with van der Waals surface area (Å²) in [5.41, 5.74) is 0.0960. The Morgan fingerprint density at radius 2 is 2.28 bits per heavy atom. The van der Waals surface area contributed by atoms with Crippen LogP contribution in [-0.4, -0.2) is 36.6 Å². The molecule has 0 aromatic rings. The number of hydrogen-bond acceptors (Lipinski definition) is 4. The van der Waals surface area contributed by atoms with Gasteiger partial charge in [0.05, 0.1) is 5.92 Å². The van der Waals surface area contributed by atoms with Gasteiger partial charge in [0.2, 0.25) is 0 Å². The number of carbonyl (C=O) groups is 2. The molecule has 3 rings (SSSR count). The molecule has 0 N–H and O–H groups in total. The van der Waals surface area contributed by atoms with Crippen LogP contribution >= 0.6 is 0 Å². The van der Waals surface area contributed by atoms with E-state index < -0.39 is 5.97 Å². The number of nitrogens with zero attached hydrogens (tertiary/aromatic N) is 1. The number of rotatable bonds is 3. The molecule has 0 spiro atoms. The van der Waals surface area contributed by atoms with Crippen LogP contribution in [0, 0.1) is 17.8 Å². The van der Waals surface area contributed by atoms with Gasteiger partial charge in [0.25, 0.3) is 6.72 Å². The predicted octanol–water partition coefficient (Wildman–Crippen LogP) is -0.126. The molecule has 5 atom stereocenters. The van der Waals surface area contributed by atoms with Crippen LogP contribution in [0.1, 0.15) is 12.8 Å². The van der Waals surface area contributed by atoms with Crippen LogP contribution in [0.15, 0.2) is 12.7 Å². The lowest BCUT2D eigenvalue weighted by molar-refractivity contribution is -0.155. The van der Waals surface area contributed by atoms with E-state index in [4.69, 9.17) is 9.47 Å². The van der Waals surface area contributed by atoms with Gasteiger partial charge in [-0.05, 0) is 12.8 Å². The van der Waals surface area contributed by atoms with Gasteiger partial charge in [-0.3, -0.25) is 4.79 Å². The first-order chi connectivity index (χ1) is 8.65. The molecule has 5 nitrogen and oxygen atoms in total. The first-order valence-corrected chi connectivity index (χ1v) is 6.03. The Hall–Kier alpha value is -1.87. The Bertz CT molecular complexity index is 491. The highest BCUT2D eigenvalue weighted by Gasteiger charge is 2.63. The van der Waals surface area contributed by atoms with Gasteiger partial charge >= 0.3 is 17.7 Å². The van der Waals surface area contributed by atoms with Crippen molar-refractivity contribution < 1.29 is 19.1 Å². The summed E-state index contributed by atoms with van der Waals surface area (Å²) in [5.74, 6) is -0.200. The van der Waals surface area contributed by atoms with E-state index in [2.05, 4.69) is 18.0 Å². The van der Waals surface area contributed by atoms with Gasteiger partial charge in [0.15, 0.2) is 0 Å². The average Bonchev–Trinajstić information content (AvgIpc) is 2.95. The number of carbonyl (C=O) groups excluding carboxylic acids is 2. The number of esters is 2. The number of fused-ring (bicyclic) bond motifs is 1. The van der Waals surface area contributed by atoms with Gasteiger partial charge in [-0.1, -0.05) is 11.2 Å². The van der Waals surface area contributed by atoms with Gasteiger partial charge in [0, 0.05) is 17.9 Å². The molecule has 3 aliphatic rings. The molecule has 5 unspecified atom stereocenters. The standard InChI is InChI=1S/C13H14NO4/c1-3-9(14-2)13(16)17-10-6-4-7-8(5-6)12(15)18-11(7)10/h3,6-8,10-11H,1-2,4-5H2/q+1. The lowest BCUT2D eigenvalue weighted by Crippen LogP contribution is -2.37. The lowest BCUT2D eigenvalue weighted by atomic mass is 9.88. The zero-order valence-electron chi connectivity index (χ0n) is 9.87. The topological polar surface area (TPSA) is 66.7 Å². The van der Waals surface area contributed by atoms with Crippen molar-refractivity contribution >= 4 is 24.4 Å². The maximum atomic E-state index is 11.8. The molecule has 1 heterocycles. The van der Waals surface area contributed by atoms with Gasteiger partial charge in [-0.15, -0.1) is 0 Å². The van der Waals surface area contributed by atoms with Gasteiger partial charge in [-0.25, -0.2) is 4.79 Å². The van der Waals surface area contributed by atoms with Gasteiger partial charge in [-0.2, -0.15) is 0 Å². The maximum absolute atomic E-state index is 11.8. The molecule has 2 saturated carbocycles. The van der Waals surface area contributed by atoms with E-state index in [9.17, 15) is 9.59 Å². The lowest BCUT2D eigenvalue weighted by Gasteiger charge is -2.24. The minimum absolute atomic E-state index is 0.0235. The van der Waals surface area contributed by atoms with Crippen LogP contribution in [0.4, 0.5) is 0 Å². The van der Waals surface area contributed by atoms with E-state index in [1.165, 1.54) is 6.08 Å². The first-order valence-electron chi connectivity index (χ1n) is 6.03. The fourth-order valence-electron chi connectivity index (χ4n) is 3.46. The molecule has 18 heavy (non-hydrogen) atoms. The van der Waals surface area contributed by atoms with E-state index in [1.54, 1.807) is 0 Å². The summed E-state index contributed by atoms with van der Waals surface area (Å²) in [5, 5.41) is 0. The third-order valence-corrected chi connectivity index (χ3v) is 4.23. The van der Waals surface area contributed by atoms with Crippen molar-refractivity contribution in [1.29, 1.82) is 0 Å². The SMILES string of the molecule is C=CC(=[N+]=C)C(=O)OC1C2CC3C(=O)OC1C3C2. The van der Waals surface area contributed by atoms with Crippen LogP contribution in [-0.2, 0) is 19.1 Å². The summed E-state index contributed by atoms with van der Waals surface area (Å²) in [6, 6.07) is 0. The highest BCUT2D eigenvalue weighted by molar-refractivity contribution is 6.40. The Morgan fingerprint density at radius 3 is 2.94 bits per heavy atom. The van der Waals surface area contributed by atoms with Gasteiger partial charge < -0.3 is 9.47 Å². The molecule has 94 valence electrons. The highest BCUT2D eigenvalue weighted by atomic mass is 16.6. The molecule has 1 saturated heterocycles. The molecule has 3 fully saturated rings. The zero-order valence-corrected chi connectivity index (χ0v) is 9.87. The third kappa shape index (κ3) is 1.37. The molecular formula is C13H14NO4+. The van der Waals surface area contributed by atoms with Crippen LogP contribution in [0.25, 0.3) is 0 Å². The highest BCUT2D eigenvalue weighted by Crippen LogP contribution is 2.55. The fraction of sp³-hybridized carbons (Fsp3) is 0.538. The Balaban J connectivity index is 1.76. The van der Waals surface area contributed by atoms with Gasteiger partial charge in [0.1, 0.15) is 12.2 Å². The molecule has 0 radical (unpaired) electrons. The summed E-state index contributed by atoms with van der Waals surface area (Å²) >= 11 is 0. The largest absolute Gasteiger partial charge is 0.458 e. The smallest absolute Gasteiger partial charge is 0.422 e. The molecule has 0 aromatic carbocycles. The van der Waals surface area contributed by atoms with Crippen LogP contribution in [0.2, 0.25) is 0 Å². The van der Waals surface area contributed by atoms with E-state index in [1.807, 2.05) is 0 Å². The van der Waals surface area contributed by atoms with Crippen LogP contribution < -0.4 is 4.67 Å². The Labute approximate surface area is 104 Å². The Morgan fingerprint density at radius 1 is 1.50 bits per heavy atom. The van der Waals surface area contributed by atoms with Crippen molar-refractivity contribution in [2.24, 2.45) is 17.8 Å². The van der Waals surface area contributed by atoms with Crippen molar-refractivity contribution in [1.82, 2.24) is 4.67 Å². The van der Waals surface area contributed by atoms with Crippen LogP contribution in [0.3, 0.4) is 0 Å². The molecule has 2 aliphatic carbocycles. The van der Waals surface area contributed by atoms with Crippen LogP contribution in [0.5, 0.6) is 0 Å². The summed E-state index contributed by atoms with van der Waals surface area (Å²) in [6.45, 7) is 6.77. The average molecular weight is 248 g/mol. The minimum atomic E-state index is -0.544. The van der Waals surface area contributed by atoms with Crippen molar-refractivity contribution in [3.8, 4) is 0 Å². The Kier molecular flexibility index (Phi) is 2.38. The number of ether oxygens (including phenoxy) is 2. The molecule has 1 aliphatic heterocycles. The summed E-state index contributed by atoms with van der Waals surface area (Å²) in [7, 11) is 0. The normalized spacial score (nSPS) is 39.1. The second-order valence-electron chi connectivity index (χ2n) is 5.02. The van der Waals surface area contributed by atoms with Crippen molar-refractivity contribution in [2.75, 3.05) is 0 Å². The monoisotopic (exact) mass is 248 g/mol. The molecule has 2 bridgehead atoms. The molecule has 0 amide bonds. The third-order valence-electron chi connectivity index (χ3n) is 4.23. The molecular weight excluding hydrogens is 234 g/mol. The van der Waals surface area contributed by atoms with E-state index in [0.717, 1.165) is 12.8 Å². The molecule has 5 heteroatoms. The second-order valence-corrected chi connectivity index (χ2v) is 5.02. The first kappa shape index (κ1) is 11.2. The van der Waals surface area contributed by atoms with E-state index >= 15 is 0 Å². The zero-order chi connectivity index (χ0) is 12.9. The fourth-order valence-corrected chi connectivity index (χ4v) is 3.46. The summed E-state index contributed by atoms with van der Waals surface area (Å²) in [6.07, 6.45) is 2.39. The van der Waals surface area contributed by atoms with Crippen molar-refractivity contribution in [3.05, 3.63) is 12.7 Å². The number of hydrogen-bond donors (Lipinski definition) is 0.